The van der Waals surface area contributed by atoms with E-state index in [0.717, 1.165) is 16.7 Å². The van der Waals surface area contributed by atoms with E-state index in [9.17, 15) is 9.90 Å². The summed E-state index contributed by atoms with van der Waals surface area (Å²) in [7, 11) is 0. The second-order valence-electron chi connectivity index (χ2n) is 7.56. The molecule has 0 saturated heterocycles. The number of aromatic hydroxyl groups is 1. The van der Waals surface area contributed by atoms with Crippen LogP contribution < -0.4 is 16.5 Å². The predicted molar refractivity (Wildman–Crippen MR) is 125 cm³/mol. The van der Waals surface area contributed by atoms with Gasteiger partial charge >= 0.3 is 0 Å². The predicted octanol–water partition coefficient (Wildman–Crippen LogP) is 1.75. The van der Waals surface area contributed by atoms with Gasteiger partial charge in [-0.1, -0.05) is 42.5 Å². The Labute approximate surface area is 191 Å². The molecule has 2 aromatic heterocycles. The lowest BCUT2D eigenvalue weighted by atomic mass is 9.97. The van der Waals surface area contributed by atoms with E-state index in [0.29, 0.717) is 23.6 Å². The molecular weight excluding hydrogens is 416 g/mol. The third kappa shape index (κ3) is 4.97. The number of pyridine rings is 1. The summed E-state index contributed by atoms with van der Waals surface area (Å²) in [4.78, 5) is 24.6. The molecule has 0 radical (unpaired) electrons. The van der Waals surface area contributed by atoms with E-state index in [1.807, 2.05) is 30.3 Å². The van der Waals surface area contributed by atoms with E-state index >= 15 is 0 Å². The maximum Gasteiger partial charge on any atom is 0.269 e. The minimum atomic E-state index is -0.568. The van der Waals surface area contributed by atoms with Crippen molar-refractivity contribution in [1.82, 2.24) is 20.3 Å². The summed E-state index contributed by atoms with van der Waals surface area (Å²) < 4.78 is 0. The number of aromatic nitrogens is 3. The lowest BCUT2D eigenvalue weighted by Crippen LogP contribution is -2.43. The van der Waals surface area contributed by atoms with Crippen LogP contribution in [0, 0.1) is 0 Å². The van der Waals surface area contributed by atoms with Gasteiger partial charge in [-0.25, -0.2) is 4.98 Å². The van der Waals surface area contributed by atoms with Crippen LogP contribution in [-0.4, -0.2) is 31.7 Å². The fourth-order valence-corrected chi connectivity index (χ4v) is 3.65. The first-order chi connectivity index (χ1) is 16.1. The Balaban J connectivity index is 1.59. The van der Waals surface area contributed by atoms with Crippen molar-refractivity contribution in [1.29, 1.82) is 0 Å². The highest BCUT2D eigenvalue weighted by Crippen LogP contribution is 2.27. The summed E-state index contributed by atoms with van der Waals surface area (Å²) >= 11 is 0. The molecule has 8 nitrogen and oxygen atoms in total. The van der Waals surface area contributed by atoms with Crippen molar-refractivity contribution in [2.45, 2.75) is 19.0 Å². The van der Waals surface area contributed by atoms with Crippen LogP contribution in [0.1, 0.15) is 39.6 Å². The Bertz CT molecular complexity index is 1270. The quantitative estimate of drug-likeness (QED) is 0.265. The van der Waals surface area contributed by atoms with Gasteiger partial charge in [0, 0.05) is 30.1 Å². The summed E-state index contributed by atoms with van der Waals surface area (Å²) in [5.41, 5.74) is 9.74. The standard InChI is InChI=1S/C25H24N6O2/c26-13-16-6-1-2-8-18(16)24-29-15-22(30-24)25(33)31-21(19-9-3-4-10-23(19)32)12-20(27)17-7-5-11-28-14-17/h1-11,14-15,21,27,32H,12-13,26H2,(H,29,30)(H,31,33)/p+1. The number of aromatic amines is 1. The molecular formula is C25H25N6O2+. The first kappa shape index (κ1) is 21.9. The maximum atomic E-state index is 13.1. The number of carbonyl (C=O) groups is 1. The molecule has 0 spiro atoms. The van der Waals surface area contributed by atoms with Crippen LogP contribution in [0.15, 0.2) is 79.3 Å². The highest BCUT2D eigenvalue weighted by Gasteiger charge is 2.24. The molecule has 0 aliphatic heterocycles. The first-order valence-corrected chi connectivity index (χ1v) is 10.5. The van der Waals surface area contributed by atoms with Crippen LogP contribution in [0.4, 0.5) is 0 Å². The molecule has 166 valence electrons. The van der Waals surface area contributed by atoms with Gasteiger partial charge in [-0.3, -0.25) is 15.2 Å². The second-order valence-corrected chi connectivity index (χ2v) is 7.56. The molecule has 7 N–H and O–H groups in total. The molecule has 8 heteroatoms. The van der Waals surface area contributed by atoms with E-state index in [-0.39, 0.29) is 23.8 Å². The number of hydrogen-bond acceptors (Lipinski definition) is 5. The minimum Gasteiger partial charge on any atom is -0.508 e. The van der Waals surface area contributed by atoms with E-state index in [1.165, 1.54) is 6.20 Å². The smallest absolute Gasteiger partial charge is 0.269 e. The van der Waals surface area contributed by atoms with Crippen molar-refractivity contribution in [2.24, 2.45) is 5.73 Å². The number of benzene rings is 2. The summed E-state index contributed by atoms with van der Waals surface area (Å²) in [5.74, 6) is 0.261. The largest absolute Gasteiger partial charge is 0.508 e. The van der Waals surface area contributed by atoms with Gasteiger partial charge < -0.3 is 21.1 Å². The summed E-state index contributed by atoms with van der Waals surface area (Å²) in [6.45, 7) is 0.358. The molecule has 0 aliphatic rings. The average Bonchev–Trinajstić information content (AvgIpc) is 3.35. The Morgan fingerprint density at radius 1 is 1.09 bits per heavy atom. The van der Waals surface area contributed by atoms with Crippen molar-refractivity contribution in [3.63, 3.8) is 0 Å². The number of phenolic OH excluding ortho intramolecular Hbond substituents is 1. The molecule has 2 heterocycles. The lowest BCUT2D eigenvalue weighted by Gasteiger charge is -2.19. The monoisotopic (exact) mass is 441 g/mol. The van der Waals surface area contributed by atoms with Gasteiger partial charge in [0.1, 0.15) is 17.3 Å². The molecule has 0 aliphatic carbocycles. The number of rotatable bonds is 8. The molecule has 0 bridgehead atoms. The number of nitrogens with two attached hydrogens (primary N) is 2. The van der Waals surface area contributed by atoms with Gasteiger partial charge in [-0.15, -0.1) is 0 Å². The first-order valence-electron chi connectivity index (χ1n) is 10.5. The minimum absolute atomic E-state index is 0.0731. The van der Waals surface area contributed by atoms with E-state index in [1.54, 1.807) is 42.7 Å². The number of nitrogens with zero attached hydrogens (tertiary/aromatic N) is 2. The topological polar surface area (TPSA) is 143 Å². The molecule has 0 fully saturated rings. The van der Waals surface area contributed by atoms with Crippen molar-refractivity contribution in [3.8, 4) is 17.1 Å². The van der Waals surface area contributed by atoms with Gasteiger partial charge in [0.2, 0.25) is 0 Å². The number of imidazole rings is 1. The molecule has 1 atom stereocenters. The molecule has 1 amide bonds. The second kappa shape index (κ2) is 9.88. The Kier molecular flexibility index (Phi) is 6.56. The highest BCUT2D eigenvalue weighted by molar-refractivity contribution is 5.97. The van der Waals surface area contributed by atoms with Crippen LogP contribution in [0.5, 0.6) is 5.75 Å². The number of nitrogens with one attached hydrogen (secondary N) is 2. The van der Waals surface area contributed by atoms with Crippen LogP contribution in [-0.2, 0) is 6.54 Å². The van der Waals surface area contributed by atoms with Crippen LogP contribution in [0.2, 0.25) is 0 Å². The molecule has 2 aromatic carbocycles. The Hall–Kier alpha value is -4.30. The van der Waals surface area contributed by atoms with E-state index < -0.39 is 6.04 Å². The third-order valence-corrected chi connectivity index (χ3v) is 5.39. The van der Waals surface area contributed by atoms with Crippen molar-refractivity contribution in [3.05, 3.63) is 102 Å². The van der Waals surface area contributed by atoms with Gasteiger partial charge in [0.05, 0.1) is 24.2 Å². The summed E-state index contributed by atoms with van der Waals surface area (Å²) in [6.07, 6.45) is 5.09. The average molecular weight is 442 g/mol. The van der Waals surface area contributed by atoms with Crippen molar-refractivity contribution < 1.29 is 15.3 Å². The SMILES string of the molecule is NCc1ccccc1-c1ncc(C(=O)NC(CC(=[NH2+])c2cccnc2)c2ccccc2O)[nH]1. The van der Waals surface area contributed by atoms with Crippen molar-refractivity contribution >= 4 is 11.6 Å². The highest BCUT2D eigenvalue weighted by atomic mass is 16.3. The van der Waals surface area contributed by atoms with Gasteiger partial charge in [-0.2, -0.15) is 0 Å². The van der Waals surface area contributed by atoms with Crippen LogP contribution >= 0.6 is 0 Å². The van der Waals surface area contributed by atoms with Gasteiger partial charge in [0.25, 0.3) is 5.91 Å². The molecule has 4 aromatic rings. The fraction of sp³-hybridized carbons (Fsp3) is 0.120. The fourth-order valence-electron chi connectivity index (χ4n) is 3.65. The zero-order valence-electron chi connectivity index (χ0n) is 17.9. The van der Waals surface area contributed by atoms with E-state index in [4.69, 9.17) is 11.1 Å². The third-order valence-electron chi connectivity index (χ3n) is 5.39. The zero-order chi connectivity index (χ0) is 23.2. The molecule has 0 saturated carbocycles. The van der Waals surface area contributed by atoms with Crippen LogP contribution in [0.3, 0.4) is 0 Å². The number of amides is 1. The zero-order valence-corrected chi connectivity index (χ0v) is 17.9. The Morgan fingerprint density at radius 3 is 2.64 bits per heavy atom. The molecule has 1 unspecified atom stereocenters. The summed E-state index contributed by atoms with van der Waals surface area (Å²) in [5, 5.41) is 19.7. The molecule has 33 heavy (non-hydrogen) atoms. The normalized spacial score (nSPS) is 11.7. The molecule has 4 rings (SSSR count). The lowest BCUT2D eigenvalue weighted by molar-refractivity contribution is -0.115. The van der Waals surface area contributed by atoms with Gasteiger partial charge in [0.15, 0.2) is 5.71 Å². The number of para-hydroxylation sites is 1. The number of hydrogen-bond donors (Lipinski definition) is 5. The number of H-pyrrole nitrogens is 1. The summed E-state index contributed by atoms with van der Waals surface area (Å²) in [6, 6.07) is 17.5. The maximum absolute atomic E-state index is 13.1. The van der Waals surface area contributed by atoms with Crippen molar-refractivity contribution in [2.75, 3.05) is 0 Å². The Morgan fingerprint density at radius 2 is 1.88 bits per heavy atom. The number of phenols is 1. The van der Waals surface area contributed by atoms with E-state index in [2.05, 4.69) is 20.3 Å². The van der Waals surface area contributed by atoms with Crippen LogP contribution in [0.25, 0.3) is 11.4 Å². The van der Waals surface area contributed by atoms with Gasteiger partial charge in [-0.05, 0) is 23.8 Å². The number of carbonyl (C=O) groups excluding carboxylic acids is 1.